The standard InChI is InChI=1S/C12H21F2NO/c1-3-4-5-10(2)11(16)15-8-6-12(13,14)7-9-15/h10H,3-9H2,1-2H3/t10-/m1/s1. The van der Waals surface area contributed by atoms with Gasteiger partial charge in [0, 0.05) is 31.8 Å². The quantitative estimate of drug-likeness (QED) is 0.730. The smallest absolute Gasteiger partial charge is 0.251 e. The van der Waals surface area contributed by atoms with Gasteiger partial charge in [-0.1, -0.05) is 26.7 Å². The van der Waals surface area contributed by atoms with Crippen LogP contribution in [0.25, 0.3) is 0 Å². The average molecular weight is 233 g/mol. The van der Waals surface area contributed by atoms with Crippen LogP contribution in [0.3, 0.4) is 0 Å². The first-order valence-electron chi connectivity index (χ1n) is 6.13. The first-order chi connectivity index (χ1) is 7.46. The number of rotatable bonds is 4. The summed E-state index contributed by atoms with van der Waals surface area (Å²) in [5.74, 6) is -2.54. The topological polar surface area (TPSA) is 20.3 Å². The molecule has 0 spiro atoms. The van der Waals surface area contributed by atoms with Gasteiger partial charge in [0.15, 0.2) is 0 Å². The van der Waals surface area contributed by atoms with Crippen molar-refractivity contribution in [1.82, 2.24) is 4.90 Å². The predicted octanol–water partition coefficient (Wildman–Crippen LogP) is 3.07. The van der Waals surface area contributed by atoms with Crippen LogP contribution in [-0.2, 0) is 4.79 Å². The zero-order valence-electron chi connectivity index (χ0n) is 10.1. The van der Waals surface area contributed by atoms with Gasteiger partial charge in [-0.05, 0) is 6.42 Å². The van der Waals surface area contributed by atoms with Gasteiger partial charge in [0.2, 0.25) is 5.91 Å². The van der Waals surface area contributed by atoms with E-state index >= 15 is 0 Å². The zero-order chi connectivity index (χ0) is 12.2. The number of carbonyl (C=O) groups is 1. The number of amides is 1. The highest BCUT2D eigenvalue weighted by Gasteiger charge is 2.36. The van der Waals surface area contributed by atoms with Gasteiger partial charge in [0.25, 0.3) is 5.92 Å². The molecular formula is C12H21F2NO. The summed E-state index contributed by atoms with van der Waals surface area (Å²) >= 11 is 0. The molecule has 1 fully saturated rings. The molecule has 0 aliphatic carbocycles. The lowest BCUT2D eigenvalue weighted by atomic mass is 10.00. The summed E-state index contributed by atoms with van der Waals surface area (Å²) in [6.07, 6.45) is 2.59. The molecule has 0 unspecified atom stereocenters. The summed E-state index contributed by atoms with van der Waals surface area (Å²) < 4.78 is 25.8. The third-order valence-electron chi connectivity index (χ3n) is 3.22. The van der Waals surface area contributed by atoms with Crippen molar-refractivity contribution in [3.05, 3.63) is 0 Å². The Hall–Kier alpha value is -0.670. The van der Waals surface area contributed by atoms with Crippen molar-refractivity contribution in [3.63, 3.8) is 0 Å². The number of alkyl halides is 2. The fourth-order valence-corrected chi connectivity index (χ4v) is 2.00. The molecule has 2 nitrogen and oxygen atoms in total. The highest BCUT2D eigenvalue weighted by Crippen LogP contribution is 2.28. The van der Waals surface area contributed by atoms with E-state index in [1.54, 1.807) is 4.90 Å². The van der Waals surface area contributed by atoms with Crippen molar-refractivity contribution < 1.29 is 13.6 Å². The molecule has 1 aliphatic heterocycles. The number of halogens is 2. The molecule has 0 saturated carbocycles. The number of nitrogens with zero attached hydrogens (tertiary/aromatic N) is 1. The van der Waals surface area contributed by atoms with Crippen LogP contribution in [0.2, 0.25) is 0 Å². The minimum absolute atomic E-state index is 0.0216. The Morgan fingerprint density at radius 1 is 1.38 bits per heavy atom. The lowest BCUT2D eigenvalue weighted by Crippen LogP contribution is -2.44. The summed E-state index contributed by atoms with van der Waals surface area (Å²) in [6.45, 7) is 4.40. The monoisotopic (exact) mass is 233 g/mol. The van der Waals surface area contributed by atoms with E-state index in [0.29, 0.717) is 0 Å². The van der Waals surface area contributed by atoms with E-state index in [-0.39, 0.29) is 37.8 Å². The van der Waals surface area contributed by atoms with E-state index in [1.165, 1.54) is 0 Å². The molecule has 1 heterocycles. The van der Waals surface area contributed by atoms with Crippen molar-refractivity contribution in [2.75, 3.05) is 13.1 Å². The molecule has 0 aromatic rings. The van der Waals surface area contributed by atoms with Crippen molar-refractivity contribution in [2.24, 2.45) is 5.92 Å². The highest BCUT2D eigenvalue weighted by molar-refractivity contribution is 5.78. The number of unbranched alkanes of at least 4 members (excludes halogenated alkanes) is 1. The van der Waals surface area contributed by atoms with Gasteiger partial charge in [0.05, 0.1) is 0 Å². The molecule has 0 N–H and O–H groups in total. The molecule has 1 aliphatic rings. The molecule has 0 radical (unpaired) electrons. The summed E-state index contributed by atoms with van der Waals surface area (Å²) in [5.41, 5.74) is 0. The van der Waals surface area contributed by atoms with Gasteiger partial charge in [-0.15, -0.1) is 0 Å². The Bertz CT molecular complexity index is 233. The lowest BCUT2D eigenvalue weighted by Gasteiger charge is -2.33. The Balaban J connectivity index is 2.38. The maximum atomic E-state index is 12.9. The van der Waals surface area contributed by atoms with Crippen LogP contribution in [-0.4, -0.2) is 29.8 Å². The minimum Gasteiger partial charge on any atom is -0.342 e. The second-order valence-electron chi connectivity index (χ2n) is 4.72. The van der Waals surface area contributed by atoms with E-state index < -0.39 is 5.92 Å². The van der Waals surface area contributed by atoms with Crippen LogP contribution in [0.15, 0.2) is 0 Å². The van der Waals surface area contributed by atoms with Gasteiger partial charge in [-0.2, -0.15) is 0 Å². The molecule has 1 atom stereocenters. The van der Waals surface area contributed by atoms with E-state index in [9.17, 15) is 13.6 Å². The van der Waals surface area contributed by atoms with Crippen molar-refractivity contribution in [2.45, 2.75) is 51.9 Å². The molecule has 1 rings (SSSR count). The molecular weight excluding hydrogens is 212 g/mol. The molecule has 16 heavy (non-hydrogen) atoms. The largest absolute Gasteiger partial charge is 0.342 e. The Kier molecular flexibility index (Phi) is 4.69. The van der Waals surface area contributed by atoms with Gasteiger partial charge in [0.1, 0.15) is 0 Å². The molecule has 1 saturated heterocycles. The Labute approximate surface area is 96.0 Å². The number of likely N-dealkylation sites (tertiary alicyclic amines) is 1. The zero-order valence-corrected chi connectivity index (χ0v) is 10.1. The van der Waals surface area contributed by atoms with Crippen LogP contribution in [0.5, 0.6) is 0 Å². The molecule has 0 bridgehead atoms. The van der Waals surface area contributed by atoms with Gasteiger partial charge >= 0.3 is 0 Å². The van der Waals surface area contributed by atoms with Gasteiger partial charge in [-0.3, -0.25) is 4.79 Å². The van der Waals surface area contributed by atoms with Crippen LogP contribution in [0, 0.1) is 5.92 Å². The molecule has 0 aromatic carbocycles. The first kappa shape index (κ1) is 13.4. The third-order valence-corrected chi connectivity index (χ3v) is 3.22. The second kappa shape index (κ2) is 5.60. The van der Waals surface area contributed by atoms with Crippen molar-refractivity contribution in [1.29, 1.82) is 0 Å². The highest BCUT2D eigenvalue weighted by atomic mass is 19.3. The molecule has 94 valence electrons. The minimum atomic E-state index is -2.57. The van der Waals surface area contributed by atoms with Crippen molar-refractivity contribution in [3.8, 4) is 0 Å². The number of carbonyl (C=O) groups excluding carboxylic acids is 1. The molecule has 4 heteroatoms. The van der Waals surface area contributed by atoms with Gasteiger partial charge < -0.3 is 4.90 Å². The summed E-state index contributed by atoms with van der Waals surface area (Å²) in [7, 11) is 0. The predicted molar refractivity (Wildman–Crippen MR) is 59.5 cm³/mol. The van der Waals surface area contributed by atoms with E-state index in [2.05, 4.69) is 6.92 Å². The number of hydrogen-bond donors (Lipinski definition) is 0. The maximum absolute atomic E-state index is 12.9. The van der Waals surface area contributed by atoms with Crippen LogP contribution in [0.4, 0.5) is 8.78 Å². The molecule has 0 aromatic heterocycles. The van der Waals surface area contributed by atoms with E-state index in [4.69, 9.17) is 0 Å². The second-order valence-corrected chi connectivity index (χ2v) is 4.72. The normalized spacial score (nSPS) is 21.9. The number of piperidine rings is 1. The van der Waals surface area contributed by atoms with Crippen LogP contribution in [0.1, 0.15) is 46.0 Å². The summed E-state index contributed by atoms with van der Waals surface area (Å²) in [4.78, 5) is 13.5. The van der Waals surface area contributed by atoms with Crippen LogP contribution >= 0.6 is 0 Å². The third kappa shape index (κ3) is 3.72. The van der Waals surface area contributed by atoms with Crippen molar-refractivity contribution >= 4 is 5.91 Å². The lowest BCUT2D eigenvalue weighted by molar-refractivity contribution is -0.141. The Morgan fingerprint density at radius 2 is 1.94 bits per heavy atom. The summed E-state index contributed by atoms with van der Waals surface area (Å²) in [6, 6.07) is 0. The first-order valence-corrected chi connectivity index (χ1v) is 6.13. The SMILES string of the molecule is CCCC[C@@H](C)C(=O)N1CCC(F)(F)CC1. The van der Waals surface area contributed by atoms with Crippen LogP contribution < -0.4 is 0 Å². The number of hydrogen-bond acceptors (Lipinski definition) is 1. The fraction of sp³-hybridized carbons (Fsp3) is 0.917. The maximum Gasteiger partial charge on any atom is 0.251 e. The van der Waals surface area contributed by atoms with Gasteiger partial charge in [-0.25, -0.2) is 8.78 Å². The molecule has 1 amide bonds. The summed E-state index contributed by atoms with van der Waals surface area (Å²) in [5, 5.41) is 0. The van der Waals surface area contributed by atoms with E-state index in [1.807, 2.05) is 6.92 Å². The Morgan fingerprint density at radius 3 is 2.44 bits per heavy atom. The average Bonchev–Trinajstić information content (AvgIpc) is 2.25. The van der Waals surface area contributed by atoms with E-state index in [0.717, 1.165) is 19.3 Å². The fourth-order valence-electron chi connectivity index (χ4n) is 2.00.